The molecular formula is C18H22N2O3. The van der Waals surface area contributed by atoms with Crippen molar-refractivity contribution in [2.75, 3.05) is 26.3 Å². The summed E-state index contributed by atoms with van der Waals surface area (Å²) in [5.41, 5.74) is 2.15. The number of amides is 1. The maximum absolute atomic E-state index is 12.6. The monoisotopic (exact) mass is 314 g/mol. The zero-order chi connectivity index (χ0) is 15.7. The van der Waals surface area contributed by atoms with Crippen LogP contribution < -0.4 is 0 Å². The lowest BCUT2D eigenvalue weighted by Crippen LogP contribution is -2.51. The fraction of sp³-hybridized carbons (Fsp3) is 0.500. The van der Waals surface area contributed by atoms with Crippen LogP contribution in [0, 0.1) is 0 Å². The first-order chi connectivity index (χ1) is 11.3. The summed E-state index contributed by atoms with van der Waals surface area (Å²) >= 11 is 0. The molecule has 0 bridgehead atoms. The second-order valence-corrected chi connectivity index (χ2v) is 6.38. The molecule has 5 heteroatoms. The Morgan fingerprint density at radius 2 is 1.91 bits per heavy atom. The van der Waals surface area contributed by atoms with Crippen LogP contribution in [0.1, 0.15) is 24.8 Å². The molecule has 2 fully saturated rings. The van der Waals surface area contributed by atoms with Gasteiger partial charge in [0.05, 0.1) is 19.6 Å². The van der Waals surface area contributed by atoms with Gasteiger partial charge in [-0.1, -0.05) is 18.2 Å². The molecule has 0 radical (unpaired) electrons. The first kappa shape index (κ1) is 14.7. The summed E-state index contributed by atoms with van der Waals surface area (Å²) in [6.07, 6.45) is 4.89. The molecular weight excluding hydrogens is 292 g/mol. The molecule has 5 nitrogen and oxygen atoms in total. The minimum Gasteiger partial charge on any atom is -0.361 e. The van der Waals surface area contributed by atoms with E-state index in [0.29, 0.717) is 19.5 Å². The average molecular weight is 314 g/mol. The Kier molecular flexibility index (Phi) is 3.83. The quantitative estimate of drug-likeness (QED) is 0.926. The Labute approximate surface area is 135 Å². The maximum atomic E-state index is 12.6. The molecule has 2 aliphatic heterocycles. The second kappa shape index (κ2) is 5.98. The number of nitrogens with one attached hydrogen (secondary N) is 1. The summed E-state index contributed by atoms with van der Waals surface area (Å²) in [5, 5.41) is 1.13. The lowest BCUT2D eigenvalue weighted by molar-refractivity contribution is -0.282. The number of rotatable bonds is 2. The lowest BCUT2D eigenvalue weighted by Gasteiger charge is -2.43. The van der Waals surface area contributed by atoms with Gasteiger partial charge in [-0.2, -0.15) is 0 Å². The van der Waals surface area contributed by atoms with Crippen molar-refractivity contribution < 1.29 is 14.3 Å². The molecule has 2 saturated heterocycles. The SMILES string of the molecule is O=C(Cc1c[nH]c2ccccc12)N1CCC2(CC1)OCCCO2. The van der Waals surface area contributed by atoms with Crippen molar-refractivity contribution in [3.05, 3.63) is 36.0 Å². The fourth-order valence-corrected chi connectivity index (χ4v) is 3.56. The van der Waals surface area contributed by atoms with Gasteiger partial charge in [-0.05, 0) is 18.1 Å². The molecule has 1 spiro atoms. The minimum absolute atomic E-state index is 0.181. The van der Waals surface area contributed by atoms with E-state index < -0.39 is 5.79 Å². The van der Waals surface area contributed by atoms with Crippen molar-refractivity contribution in [2.24, 2.45) is 0 Å². The van der Waals surface area contributed by atoms with E-state index in [2.05, 4.69) is 11.1 Å². The molecule has 0 saturated carbocycles. The number of piperidine rings is 1. The highest BCUT2D eigenvalue weighted by Crippen LogP contribution is 2.31. The van der Waals surface area contributed by atoms with Crippen molar-refractivity contribution in [1.29, 1.82) is 0 Å². The molecule has 23 heavy (non-hydrogen) atoms. The van der Waals surface area contributed by atoms with E-state index in [0.717, 1.165) is 48.9 Å². The number of hydrogen-bond donors (Lipinski definition) is 1. The van der Waals surface area contributed by atoms with E-state index in [-0.39, 0.29) is 5.91 Å². The molecule has 1 aromatic heterocycles. The number of aromatic amines is 1. The number of para-hydroxylation sites is 1. The van der Waals surface area contributed by atoms with Gasteiger partial charge >= 0.3 is 0 Å². The summed E-state index contributed by atoms with van der Waals surface area (Å²) in [6, 6.07) is 8.10. The van der Waals surface area contributed by atoms with Gasteiger partial charge in [0.25, 0.3) is 0 Å². The molecule has 1 N–H and O–H groups in total. The van der Waals surface area contributed by atoms with E-state index in [1.807, 2.05) is 29.3 Å². The van der Waals surface area contributed by atoms with Gasteiger partial charge in [0.15, 0.2) is 5.79 Å². The maximum Gasteiger partial charge on any atom is 0.227 e. The van der Waals surface area contributed by atoms with Crippen LogP contribution in [0.2, 0.25) is 0 Å². The van der Waals surface area contributed by atoms with Crippen molar-refractivity contribution in [2.45, 2.75) is 31.5 Å². The standard InChI is InChI=1S/C18H22N2O3/c21-17(12-14-13-19-16-5-2-1-4-15(14)16)20-8-6-18(7-9-20)22-10-3-11-23-18/h1-2,4-5,13,19H,3,6-12H2. The van der Waals surface area contributed by atoms with Crippen LogP contribution in [0.3, 0.4) is 0 Å². The Bertz CT molecular complexity index is 693. The number of aromatic nitrogens is 1. The van der Waals surface area contributed by atoms with E-state index in [9.17, 15) is 4.79 Å². The van der Waals surface area contributed by atoms with Crippen LogP contribution in [0.4, 0.5) is 0 Å². The molecule has 4 rings (SSSR count). The van der Waals surface area contributed by atoms with Gasteiger partial charge < -0.3 is 19.4 Å². The minimum atomic E-state index is -0.435. The van der Waals surface area contributed by atoms with Crippen molar-refractivity contribution >= 4 is 16.8 Å². The Balaban J connectivity index is 1.40. The Morgan fingerprint density at radius 1 is 1.17 bits per heavy atom. The summed E-state index contributed by atoms with van der Waals surface area (Å²) in [5.74, 6) is -0.254. The van der Waals surface area contributed by atoms with Gasteiger partial charge in [0.2, 0.25) is 5.91 Å². The molecule has 2 aliphatic rings. The van der Waals surface area contributed by atoms with Crippen molar-refractivity contribution in [1.82, 2.24) is 9.88 Å². The predicted molar refractivity (Wildman–Crippen MR) is 87.1 cm³/mol. The molecule has 122 valence electrons. The largest absolute Gasteiger partial charge is 0.361 e. The van der Waals surface area contributed by atoms with Crippen LogP contribution in [0.25, 0.3) is 10.9 Å². The zero-order valence-corrected chi connectivity index (χ0v) is 13.2. The van der Waals surface area contributed by atoms with Crippen LogP contribution in [0.15, 0.2) is 30.5 Å². The molecule has 3 heterocycles. The number of H-pyrrole nitrogens is 1. The van der Waals surface area contributed by atoms with Crippen molar-refractivity contribution in [3.8, 4) is 0 Å². The normalized spacial score (nSPS) is 21.0. The first-order valence-electron chi connectivity index (χ1n) is 8.36. The number of carbonyl (C=O) groups is 1. The van der Waals surface area contributed by atoms with Gasteiger partial charge in [0.1, 0.15) is 0 Å². The third kappa shape index (κ3) is 2.86. The Morgan fingerprint density at radius 3 is 2.70 bits per heavy atom. The van der Waals surface area contributed by atoms with Gasteiger partial charge in [-0.3, -0.25) is 4.79 Å². The number of fused-ring (bicyclic) bond motifs is 1. The average Bonchev–Trinajstić information content (AvgIpc) is 2.99. The highest BCUT2D eigenvalue weighted by Gasteiger charge is 2.39. The molecule has 2 aromatic rings. The second-order valence-electron chi connectivity index (χ2n) is 6.38. The molecule has 0 aliphatic carbocycles. The molecule has 0 unspecified atom stereocenters. The molecule has 1 amide bonds. The number of nitrogens with zero attached hydrogens (tertiary/aromatic N) is 1. The number of ether oxygens (including phenoxy) is 2. The van der Waals surface area contributed by atoms with Crippen LogP contribution in [-0.2, 0) is 20.7 Å². The van der Waals surface area contributed by atoms with Crippen molar-refractivity contribution in [3.63, 3.8) is 0 Å². The predicted octanol–water partition coefficient (Wildman–Crippen LogP) is 2.47. The van der Waals surface area contributed by atoms with E-state index in [1.165, 1.54) is 0 Å². The molecule has 0 atom stereocenters. The van der Waals surface area contributed by atoms with E-state index in [1.54, 1.807) is 0 Å². The van der Waals surface area contributed by atoms with Gasteiger partial charge in [-0.15, -0.1) is 0 Å². The smallest absolute Gasteiger partial charge is 0.227 e. The molecule has 1 aromatic carbocycles. The summed E-state index contributed by atoms with van der Waals surface area (Å²) in [7, 11) is 0. The fourth-order valence-electron chi connectivity index (χ4n) is 3.56. The number of benzene rings is 1. The van der Waals surface area contributed by atoms with E-state index in [4.69, 9.17) is 9.47 Å². The topological polar surface area (TPSA) is 54.6 Å². The van der Waals surface area contributed by atoms with Crippen LogP contribution >= 0.6 is 0 Å². The highest BCUT2D eigenvalue weighted by atomic mass is 16.7. The van der Waals surface area contributed by atoms with E-state index >= 15 is 0 Å². The number of hydrogen-bond acceptors (Lipinski definition) is 3. The summed E-state index contributed by atoms with van der Waals surface area (Å²) < 4.78 is 11.7. The summed E-state index contributed by atoms with van der Waals surface area (Å²) in [4.78, 5) is 17.8. The number of likely N-dealkylation sites (tertiary alicyclic amines) is 1. The first-order valence-corrected chi connectivity index (χ1v) is 8.36. The third-order valence-electron chi connectivity index (χ3n) is 4.91. The summed E-state index contributed by atoms with van der Waals surface area (Å²) in [6.45, 7) is 2.95. The van der Waals surface area contributed by atoms with Gasteiger partial charge in [0, 0.05) is 43.0 Å². The van der Waals surface area contributed by atoms with Crippen LogP contribution in [-0.4, -0.2) is 47.9 Å². The zero-order valence-electron chi connectivity index (χ0n) is 13.2. The van der Waals surface area contributed by atoms with Crippen LogP contribution in [0.5, 0.6) is 0 Å². The number of carbonyl (C=O) groups excluding carboxylic acids is 1. The Hall–Kier alpha value is -1.85. The van der Waals surface area contributed by atoms with Gasteiger partial charge in [-0.25, -0.2) is 0 Å². The highest BCUT2D eigenvalue weighted by molar-refractivity contribution is 5.88. The lowest BCUT2D eigenvalue weighted by atomic mass is 10.0. The third-order valence-corrected chi connectivity index (χ3v) is 4.91.